The molecule has 2 rings (SSSR count). The van der Waals surface area contributed by atoms with E-state index < -0.39 is 0 Å². The first kappa shape index (κ1) is 15.5. The molecule has 0 aliphatic heterocycles. The van der Waals surface area contributed by atoms with E-state index in [0.717, 1.165) is 29.8 Å². The molecule has 5 heteroatoms. The highest BCUT2D eigenvalue weighted by Crippen LogP contribution is 2.16. The van der Waals surface area contributed by atoms with Gasteiger partial charge in [-0.1, -0.05) is 19.1 Å². The molecule has 1 aromatic heterocycles. The number of nitrogens with one attached hydrogen (secondary N) is 1. The molecular formula is C16H23N3O2. The Kier molecular flexibility index (Phi) is 5.75. The van der Waals surface area contributed by atoms with Crippen molar-refractivity contribution in [1.29, 1.82) is 0 Å². The van der Waals surface area contributed by atoms with Crippen LogP contribution in [-0.4, -0.2) is 35.2 Å². The predicted molar refractivity (Wildman–Crippen MR) is 83.2 cm³/mol. The van der Waals surface area contributed by atoms with Crippen LogP contribution in [0.2, 0.25) is 0 Å². The van der Waals surface area contributed by atoms with Crippen molar-refractivity contribution in [2.75, 3.05) is 19.8 Å². The molecule has 0 unspecified atom stereocenters. The minimum Gasteiger partial charge on any atom is -0.380 e. The molecule has 1 N–H and O–H groups in total. The normalized spacial score (nSPS) is 11.0. The quantitative estimate of drug-likeness (QED) is 0.758. The van der Waals surface area contributed by atoms with Crippen LogP contribution in [0.4, 0.5) is 0 Å². The van der Waals surface area contributed by atoms with Crippen LogP contribution >= 0.6 is 0 Å². The van der Waals surface area contributed by atoms with E-state index in [-0.39, 0.29) is 5.91 Å². The van der Waals surface area contributed by atoms with Crippen LogP contribution < -0.4 is 5.32 Å². The van der Waals surface area contributed by atoms with Gasteiger partial charge in [-0.25, -0.2) is 4.98 Å². The number of carbonyl (C=O) groups is 1. The van der Waals surface area contributed by atoms with E-state index in [9.17, 15) is 4.79 Å². The van der Waals surface area contributed by atoms with Crippen molar-refractivity contribution < 1.29 is 9.53 Å². The number of amides is 1. The average molecular weight is 289 g/mol. The number of fused-ring (bicyclic) bond motifs is 1. The zero-order chi connectivity index (χ0) is 15.1. The topological polar surface area (TPSA) is 56.1 Å². The Morgan fingerprint density at radius 3 is 2.90 bits per heavy atom. The molecule has 0 atom stereocenters. The van der Waals surface area contributed by atoms with Crippen LogP contribution in [0.25, 0.3) is 11.0 Å². The van der Waals surface area contributed by atoms with Crippen LogP contribution in [0.15, 0.2) is 24.3 Å². The molecule has 1 aromatic carbocycles. The number of ether oxygens (including phenoxy) is 1. The summed E-state index contributed by atoms with van der Waals surface area (Å²) in [5.41, 5.74) is 2.11. The summed E-state index contributed by atoms with van der Waals surface area (Å²) in [6, 6.07) is 8.09. The maximum Gasteiger partial charge on any atom is 0.219 e. The van der Waals surface area contributed by atoms with Crippen LogP contribution in [0.3, 0.4) is 0 Å². The second kappa shape index (κ2) is 7.78. The van der Waals surface area contributed by atoms with E-state index in [1.165, 1.54) is 0 Å². The largest absolute Gasteiger partial charge is 0.380 e. The Bertz CT molecular complexity index is 592. The third-order valence-electron chi connectivity index (χ3n) is 3.39. The van der Waals surface area contributed by atoms with Crippen molar-refractivity contribution in [2.45, 2.75) is 33.2 Å². The van der Waals surface area contributed by atoms with E-state index in [0.29, 0.717) is 26.2 Å². The third-order valence-corrected chi connectivity index (χ3v) is 3.39. The molecule has 114 valence electrons. The van der Waals surface area contributed by atoms with Gasteiger partial charge in [-0.15, -0.1) is 0 Å². The molecule has 0 saturated heterocycles. The molecule has 0 aliphatic carbocycles. The van der Waals surface area contributed by atoms with Crippen molar-refractivity contribution >= 4 is 16.9 Å². The zero-order valence-corrected chi connectivity index (χ0v) is 12.8. The lowest BCUT2D eigenvalue weighted by molar-refractivity contribution is -0.120. The maximum atomic E-state index is 11.3. The van der Waals surface area contributed by atoms with Gasteiger partial charge in [0.1, 0.15) is 5.82 Å². The molecule has 0 aliphatic rings. The van der Waals surface area contributed by atoms with Crippen LogP contribution in [-0.2, 0) is 22.5 Å². The molecule has 0 spiro atoms. The minimum absolute atomic E-state index is 0.0759. The van der Waals surface area contributed by atoms with Gasteiger partial charge in [-0.2, -0.15) is 0 Å². The lowest BCUT2D eigenvalue weighted by Gasteiger charge is -2.09. The highest BCUT2D eigenvalue weighted by atomic mass is 16.5. The van der Waals surface area contributed by atoms with Gasteiger partial charge < -0.3 is 14.6 Å². The maximum absolute atomic E-state index is 11.3. The number of imidazole rings is 1. The summed E-state index contributed by atoms with van der Waals surface area (Å²) in [6.07, 6.45) is 1.24. The summed E-state index contributed by atoms with van der Waals surface area (Å²) in [4.78, 5) is 16.0. The first-order valence-electron chi connectivity index (χ1n) is 7.54. The Morgan fingerprint density at radius 2 is 2.14 bits per heavy atom. The minimum atomic E-state index is 0.0759. The van der Waals surface area contributed by atoms with Gasteiger partial charge >= 0.3 is 0 Å². The second-order valence-corrected chi connectivity index (χ2v) is 4.82. The second-order valence-electron chi connectivity index (χ2n) is 4.82. The molecule has 0 bridgehead atoms. The molecule has 5 nitrogen and oxygen atoms in total. The Morgan fingerprint density at radius 1 is 1.33 bits per heavy atom. The third kappa shape index (κ3) is 4.04. The number of aromatic nitrogens is 2. The molecule has 0 saturated carbocycles. The first-order chi connectivity index (χ1) is 10.3. The smallest absolute Gasteiger partial charge is 0.219 e. The molecule has 0 radical (unpaired) electrons. The Hall–Kier alpha value is -1.88. The van der Waals surface area contributed by atoms with Crippen molar-refractivity contribution in [3.05, 3.63) is 30.1 Å². The van der Waals surface area contributed by atoms with Crippen LogP contribution in [0.5, 0.6) is 0 Å². The van der Waals surface area contributed by atoms with Crippen molar-refractivity contribution in [1.82, 2.24) is 14.9 Å². The highest BCUT2D eigenvalue weighted by molar-refractivity contribution is 5.76. The number of rotatable bonds is 8. The number of hydrogen-bond acceptors (Lipinski definition) is 3. The summed E-state index contributed by atoms with van der Waals surface area (Å²) in [5.74, 6) is 1.07. The fraction of sp³-hybridized carbons (Fsp3) is 0.500. The number of hydrogen-bond donors (Lipinski definition) is 1. The van der Waals surface area contributed by atoms with Crippen molar-refractivity contribution in [2.24, 2.45) is 0 Å². The summed E-state index contributed by atoms with van der Waals surface area (Å²) in [6.45, 7) is 6.63. The molecule has 1 amide bonds. The lowest BCUT2D eigenvalue weighted by atomic mass is 10.3. The van der Waals surface area contributed by atoms with E-state index in [1.807, 2.05) is 32.0 Å². The van der Waals surface area contributed by atoms with E-state index in [4.69, 9.17) is 4.74 Å². The average Bonchev–Trinajstić information content (AvgIpc) is 2.85. The Labute approximate surface area is 125 Å². The van der Waals surface area contributed by atoms with Crippen molar-refractivity contribution in [3.63, 3.8) is 0 Å². The van der Waals surface area contributed by atoms with Gasteiger partial charge in [0.2, 0.25) is 5.91 Å². The fourth-order valence-corrected chi connectivity index (χ4v) is 2.30. The predicted octanol–water partition coefficient (Wildman–Crippen LogP) is 2.14. The van der Waals surface area contributed by atoms with Gasteiger partial charge in [-0.3, -0.25) is 4.79 Å². The highest BCUT2D eigenvalue weighted by Gasteiger charge is 2.10. The summed E-state index contributed by atoms with van der Waals surface area (Å²) < 4.78 is 7.64. The zero-order valence-electron chi connectivity index (χ0n) is 12.8. The molecule has 1 heterocycles. The summed E-state index contributed by atoms with van der Waals surface area (Å²) in [7, 11) is 0. The number of para-hydroxylation sites is 2. The van der Waals surface area contributed by atoms with Gasteiger partial charge in [0.25, 0.3) is 0 Å². The van der Waals surface area contributed by atoms with Gasteiger partial charge in [0.05, 0.1) is 17.6 Å². The lowest BCUT2D eigenvalue weighted by Crippen LogP contribution is -2.25. The van der Waals surface area contributed by atoms with E-state index in [2.05, 4.69) is 20.9 Å². The summed E-state index contributed by atoms with van der Waals surface area (Å²) >= 11 is 0. The summed E-state index contributed by atoms with van der Waals surface area (Å²) in [5, 5.41) is 2.90. The van der Waals surface area contributed by atoms with Gasteiger partial charge in [0, 0.05) is 32.5 Å². The monoisotopic (exact) mass is 289 g/mol. The fourth-order valence-electron chi connectivity index (χ4n) is 2.30. The Balaban J connectivity index is 2.12. The van der Waals surface area contributed by atoms with Gasteiger partial charge in [0.15, 0.2) is 0 Å². The molecule has 2 aromatic rings. The number of nitrogens with zero attached hydrogens (tertiary/aromatic N) is 2. The SMILES string of the molecule is CCOCCn1c(CCNC(=O)CC)nc2ccccc21. The van der Waals surface area contributed by atoms with E-state index in [1.54, 1.807) is 0 Å². The van der Waals surface area contributed by atoms with E-state index >= 15 is 0 Å². The molecular weight excluding hydrogens is 266 g/mol. The number of benzene rings is 1. The van der Waals surface area contributed by atoms with Crippen LogP contribution in [0, 0.1) is 0 Å². The van der Waals surface area contributed by atoms with Crippen molar-refractivity contribution in [3.8, 4) is 0 Å². The van der Waals surface area contributed by atoms with Gasteiger partial charge in [-0.05, 0) is 19.1 Å². The number of carbonyl (C=O) groups excluding carboxylic acids is 1. The van der Waals surface area contributed by atoms with Crippen LogP contribution in [0.1, 0.15) is 26.1 Å². The molecule has 0 fully saturated rings. The first-order valence-corrected chi connectivity index (χ1v) is 7.54. The standard InChI is InChI=1S/C16H23N3O2/c1-3-16(20)17-10-9-15-18-13-7-5-6-8-14(13)19(15)11-12-21-4-2/h5-8H,3-4,9-12H2,1-2H3,(H,17,20). The molecule has 21 heavy (non-hydrogen) atoms.